The molecule has 0 aliphatic carbocycles. The van der Waals surface area contributed by atoms with Crippen LogP contribution in [-0.2, 0) is 51.0 Å². The summed E-state index contributed by atoms with van der Waals surface area (Å²) < 4.78 is 42.2. The van der Waals surface area contributed by atoms with Gasteiger partial charge in [-0.2, -0.15) is 4.99 Å². The normalized spacial score (nSPS) is 13.0. The molecule has 4 aromatic rings. The van der Waals surface area contributed by atoms with Crippen LogP contribution in [0.15, 0.2) is 71.9 Å². The number of imidazole rings is 1. The van der Waals surface area contributed by atoms with E-state index in [1.54, 1.807) is 48.7 Å². The third kappa shape index (κ3) is 27.2. The molecular weight excluding hydrogens is 1040 g/mol. The number of unbranched alkanes of at least 4 members (excludes halogenated alkanes) is 18. The molecule has 2 aromatic heterocycles. The Morgan fingerprint density at radius 2 is 1.29 bits per heavy atom. The van der Waals surface area contributed by atoms with Crippen molar-refractivity contribution in [3.05, 3.63) is 83.8 Å². The van der Waals surface area contributed by atoms with Crippen molar-refractivity contribution in [2.45, 2.75) is 162 Å². The van der Waals surface area contributed by atoms with Crippen LogP contribution in [-0.4, -0.2) is 121 Å². The number of nitrogens with two attached hydrogens (primary N) is 1. The first kappa shape index (κ1) is 66.8. The summed E-state index contributed by atoms with van der Waals surface area (Å²) in [5, 5.41) is 3.36. The number of benzene rings is 2. The molecule has 0 spiro atoms. The van der Waals surface area contributed by atoms with E-state index in [9.17, 15) is 28.6 Å². The number of carbonyl (C=O) groups excluding carboxylic acids is 4. The number of quaternary nitrogens is 1. The van der Waals surface area contributed by atoms with E-state index >= 15 is 0 Å². The molecule has 0 saturated heterocycles. The Balaban J connectivity index is 1.29. The number of phosphoric acid groups is 1. The maximum atomic E-state index is 14.3. The Morgan fingerprint density at radius 1 is 0.713 bits per heavy atom. The number of nitrogens with one attached hydrogen (secondary N) is 1. The standard InChI is InChI=1S/C60H93N8O11P/c1-7-9-11-13-14-15-16-17-18-19-20-21-22-23-24-25-30-56(69)76-45-48(47-79-80(73,74)78-42-40-68(4,5)6)46-77-57(70)37-39-67(54-29-26-27-38-62-54)59(71)50-33-36-53-52(43-50)64-55(66(53)3)44-63-51-34-31-49(32-35-51)58(61)65-60(72)75-41-28-12-10-8-2/h26-27,29,31-36,38,43,48H,7-25,28,30,37,39-42,44-47H2,1-6H3,(H3-,61,63,65,72,73,74)/p+1. The number of hydrogen-bond donors (Lipinski definition) is 3. The largest absolute Gasteiger partial charge is 0.472 e. The molecule has 0 aliphatic heterocycles. The van der Waals surface area contributed by atoms with Crippen molar-refractivity contribution in [1.82, 2.24) is 14.5 Å². The molecule has 2 heterocycles. The predicted octanol–water partition coefficient (Wildman–Crippen LogP) is 12.2. The topological polar surface area (TPSA) is 236 Å². The van der Waals surface area contributed by atoms with E-state index in [1.807, 2.05) is 51.0 Å². The molecule has 2 unspecified atom stereocenters. The minimum Gasteiger partial charge on any atom is -0.465 e. The molecule has 0 saturated carbocycles. The Labute approximate surface area is 475 Å². The molecule has 0 radical (unpaired) electrons. The molecule has 0 aliphatic rings. The highest BCUT2D eigenvalue weighted by Crippen LogP contribution is 2.43. The molecule has 80 heavy (non-hydrogen) atoms. The van der Waals surface area contributed by atoms with Crippen LogP contribution in [0, 0.1) is 5.92 Å². The van der Waals surface area contributed by atoms with Gasteiger partial charge in [-0.25, -0.2) is 19.3 Å². The summed E-state index contributed by atoms with van der Waals surface area (Å²) in [7, 11) is 3.16. The van der Waals surface area contributed by atoms with Crippen LogP contribution in [0.3, 0.4) is 0 Å². The summed E-state index contributed by atoms with van der Waals surface area (Å²) in [5.41, 5.74) is 9.14. The lowest BCUT2D eigenvalue weighted by Crippen LogP contribution is -2.37. The lowest BCUT2D eigenvalue weighted by Gasteiger charge is -2.24. The second-order valence-electron chi connectivity index (χ2n) is 21.7. The highest BCUT2D eigenvalue weighted by atomic mass is 31.2. The fraction of sp³-hybridized carbons (Fsp3) is 0.617. The number of esters is 2. The van der Waals surface area contributed by atoms with Crippen LogP contribution >= 0.6 is 7.82 Å². The molecule has 0 bridgehead atoms. The molecule has 444 valence electrons. The van der Waals surface area contributed by atoms with Gasteiger partial charge >= 0.3 is 25.9 Å². The number of hydrogen-bond acceptors (Lipinski definition) is 13. The SMILES string of the molecule is CCCCCCCCCCCCCCCCCCC(=O)OCC(COC(=O)CCN(C(=O)c1ccc2c(c1)nc(CNc1ccc(/C(N)=N/C(=O)OCCCCCC)cc1)n2C)c1ccccn1)COP(=O)(O)OCC[N+](C)(C)C. The number of pyridine rings is 1. The monoisotopic (exact) mass is 1130 g/mol. The first-order valence-electron chi connectivity index (χ1n) is 29.3. The van der Waals surface area contributed by atoms with E-state index in [1.165, 1.54) is 81.9 Å². The van der Waals surface area contributed by atoms with Gasteiger partial charge in [0.1, 0.15) is 30.6 Å². The fourth-order valence-electron chi connectivity index (χ4n) is 8.75. The second-order valence-corrected chi connectivity index (χ2v) is 23.1. The lowest BCUT2D eigenvalue weighted by atomic mass is 10.0. The van der Waals surface area contributed by atoms with Gasteiger partial charge in [-0.1, -0.05) is 135 Å². The van der Waals surface area contributed by atoms with Crippen molar-refractivity contribution in [2.24, 2.45) is 23.7 Å². The molecule has 2 amide bonds. The van der Waals surface area contributed by atoms with Crippen LogP contribution in [0.1, 0.15) is 177 Å². The minimum atomic E-state index is -4.49. The van der Waals surface area contributed by atoms with Crippen LogP contribution < -0.4 is 16.0 Å². The number of anilines is 2. The number of nitrogens with zero attached hydrogens (tertiary/aromatic N) is 6. The van der Waals surface area contributed by atoms with Gasteiger partial charge in [0.15, 0.2) is 0 Å². The van der Waals surface area contributed by atoms with E-state index in [0.717, 1.165) is 56.1 Å². The Morgan fingerprint density at radius 3 is 1.88 bits per heavy atom. The maximum absolute atomic E-state index is 14.3. The average Bonchev–Trinajstić information content (AvgIpc) is 3.75. The number of amides is 2. The minimum absolute atomic E-state index is 0.0300. The molecule has 20 heteroatoms. The van der Waals surface area contributed by atoms with E-state index in [4.69, 9.17) is 34.0 Å². The third-order valence-electron chi connectivity index (χ3n) is 13.7. The summed E-state index contributed by atoms with van der Waals surface area (Å²) in [5.74, 6) is -1.20. The van der Waals surface area contributed by atoms with Crippen molar-refractivity contribution >= 4 is 60.1 Å². The highest BCUT2D eigenvalue weighted by Gasteiger charge is 2.27. The number of amidine groups is 1. The average molecular weight is 1130 g/mol. The summed E-state index contributed by atoms with van der Waals surface area (Å²) in [6, 6.07) is 17.5. The zero-order valence-corrected chi connectivity index (χ0v) is 49.8. The van der Waals surface area contributed by atoms with E-state index in [2.05, 4.69) is 29.1 Å². The molecule has 0 fully saturated rings. The Bertz CT molecular complexity index is 2520. The zero-order chi connectivity index (χ0) is 58.0. The number of fused-ring (bicyclic) bond motifs is 1. The van der Waals surface area contributed by atoms with Crippen LogP contribution in [0.5, 0.6) is 0 Å². The van der Waals surface area contributed by atoms with E-state index in [0.29, 0.717) is 58.9 Å². The van der Waals surface area contributed by atoms with E-state index in [-0.39, 0.29) is 51.6 Å². The molecule has 19 nitrogen and oxygen atoms in total. The molecule has 4 rings (SSSR count). The van der Waals surface area contributed by atoms with Gasteiger partial charge in [-0.3, -0.25) is 28.3 Å². The Hall–Kier alpha value is -5.72. The first-order valence-corrected chi connectivity index (χ1v) is 30.7. The highest BCUT2D eigenvalue weighted by molar-refractivity contribution is 7.47. The summed E-state index contributed by atoms with van der Waals surface area (Å²) in [4.78, 5) is 77.7. The summed E-state index contributed by atoms with van der Waals surface area (Å²) in [6.07, 6.45) is 24.4. The van der Waals surface area contributed by atoms with Crippen LogP contribution in [0.2, 0.25) is 0 Å². The molecule has 2 aromatic carbocycles. The summed E-state index contributed by atoms with van der Waals surface area (Å²) >= 11 is 0. The quantitative estimate of drug-likeness (QED) is 0.00711. The van der Waals surface area contributed by atoms with Crippen molar-refractivity contribution in [1.29, 1.82) is 0 Å². The van der Waals surface area contributed by atoms with Crippen LogP contribution in [0.25, 0.3) is 11.0 Å². The van der Waals surface area contributed by atoms with Gasteiger partial charge in [0.25, 0.3) is 5.91 Å². The number of carbonyl (C=O) groups is 4. The first-order chi connectivity index (χ1) is 38.5. The van der Waals surface area contributed by atoms with Gasteiger partial charge in [-0.15, -0.1) is 0 Å². The number of phosphoric ester groups is 1. The fourth-order valence-corrected chi connectivity index (χ4v) is 9.54. The zero-order valence-electron chi connectivity index (χ0n) is 48.9. The van der Waals surface area contributed by atoms with E-state index < -0.39 is 37.7 Å². The van der Waals surface area contributed by atoms with Crippen molar-refractivity contribution in [3.8, 4) is 0 Å². The van der Waals surface area contributed by atoms with Crippen LogP contribution in [0.4, 0.5) is 16.3 Å². The predicted molar refractivity (Wildman–Crippen MR) is 315 cm³/mol. The number of likely N-dealkylation sites (N-methyl/N-ethyl adjacent to an activating group) is 1. The van der Waals surface area contributed by atoms with Gasteiger partial charge in [0, 0.05) is 43.0 Å². The number of aromatic nitrogens is 3. The smallest absolute Gasteiger partial charge is 0.465 e. The molecular formula is C60H94N8O11P+. The van der Waals surface area contributed by atoms with Crippen molar-refractivity contribution in [2.75, 3.05) is 77.5 Å². The summed E-state index contributed by atoms with van der Waals surface area (Å²) in [6.45, 7) is 4.46. The third-order valence-corrected chi connectivity index (χ3v) is 14.7. The maximum Gasteiger partial charge on any atom is 0.472 e. The van der Waals surface area contributed by atoms with Crippen molar-refractivity contribution < 1.29 is 56.4 Å². The second kappa shape index (κ2) is 37.3. The van der Waals surface area contributed by atoms with Crippen molar-refractivity contribution in [3.63, 3.8) is 0 Å². The molecule has 2 atom stereocenters. The number of aliphatic imine (C=N–C) groups is 1. The number of aryl methyl sites for hydroxylation is 1. The number of rotatable bonds is 42. The lowest BCUT2D eigenvalue weighted by molar-refractivity contribution is -0.870. The molecule has 4 N–H and O–H groups in total. The van der Waals surface area contributed by atoms with Gasteiger partial charge in [-0.05, 0) is 67.4 Å². The van der Waals surface area contributed by atoms with Gasteiger partial charge in [0.2, 0.25) is 0 Å². The number of ether oxygens (including phenoxy) is 3. The Kier molecular flexibility index (Phi) is 31.2. The van der Waals surface area contributed by atoms with Gasteiger partial charge in [0.05, 0.1) is 77.5 Å². The van der Waals surface area contributed by atoms with Gasteiger partial charge < -0.3 is 39.2 Å².